The van der Waals surface area contributed by atoms with Crippen LogP contribution in [-0.2, 0) is 12.3 Å². The summed E-state index contributed by atoms with van der Waals surface area (Å²) < 4.78 is 30.4. The maximum Gasteiger partial charge on any atom is 0.284 e. The minimum atomic E-state index is -2.41. The van der Waals surface area contributed by atoms with Gasteiger partial charge in [-0.15, -0.1) is 0 Å². The van der Waals surface area contributed by atoms with E-state index in [0.717, 1.165) is 4.47 Å². The maximum atomic E-state index is 12.1. The predicted molar refractivity (Wildman–Crippen MR) is 87.5 cm³/mol. The lowest BCUT2D eigenvalue weighted by atomic mass is 10.3. The third-order valence-electron chi connectivity index (χ3n) is 2.52. The van der Waals surface area contributed by atoms with Crippen LogP contribution in [0.3, 0.4) is 0 Å². The van der Waals surface area contributed by atoms with Crippen molar-refractivity contribution in [2.45, 2.75) is 18.1 Å². The zero-order chi connectivity index (χ0) is 15.4. The first-order valence-corrected chi connectivity index (χ1v) is 8.41. The molecule has 114 valence electrons. The molecule has 0 atom stereocenters. The lowest BCUT2D eigenvalue weighted by molar-refractivity contribution is 0.251. The Bertz CT molecular complexity index is 601. The molecule has 21 heavy (non-hydrogen) atoms. The molecule has 0 unspecified atom stereocenters. The van der Waals surface area contributed by atoms with Gasteiger partial charge in [0.2, 0.25) is 0 Å². The summed E-state index contributed by atoms with van der Waals surface area (Å²) in [4.78, 5) is 0. The van der Waals surface area contributed by atoms with Crippen LogP contribution in [0, 0.1) is 0 Å². The van der Waals surface area contributed by atoms with Crippen LogP contribution in [0.2, 0.25) is 10.0 Å². The Morgan fingerprint density at radius 3 is 2.43 bits per heavy atom. The molecule has 1 N–H and O–H groups in total. The van der Waals surface area contributed by atoms with Gasteiger partial charge >= 0.3 is 0 Å². The number of furan rings is 1. The second-order valence-corrected chi connectivity index (χ2v) is 6.75. The molecule has 2 nitrogen and oxygen atoms in total. The predicted octanol–water partition coefficient (Wildman–Crippen LogP) is 6.42. The van der Waals surface area contributed by atoms with E-state index in [-0.39, 0.29) is 5.75 Å². The van der Waals surface area contributed by atoms with Gasteiger partial charge in [0.25, 0.3) is 5.76 Å². The Hall–Kier alpha value is -0.430. The molecule has 0 aliphatic carbocycles. The third kappa shape index (κ3) is 5.06. The van der Waals surface area contributed by atoms with Gasteiger partial charge in [0.05, 0.1) is 28.0 Å². The number of rotatable bonds is 6. The SMILES string of the molecule is FC(F)SCc1ccc(CNc2c(Cl)cc(Br)cc2Cl)o1. The highest BCUT2D eigenvalue weighted by Crippen LogP contribution is 2.34. The van der Waals surface area contributed by atoms with E-state index in [4.69, 9.17) is 27.6 Å². The number of alkyl halides is 2. The van der Waals surface area contributed by atoms with E-state index in [2.05, 4.69) is 21.2 Å². The molecule has 1 heterocycles. The zero-order valence-electron chi connectivity index (χ0n) is 10.5. The Morgan fingerprint density at radius 2 is 1.81 bits per heavy atom. The minimum absolute atomic E-state index is 0.136. The van der Waals surface area contributed by atoms with Gasteiger partial charge in [-0.2, -0.15) is 8.78 Å². The summed E-state index contributed by atoms with van der Waals surface area (Å²) in [6.07, 6.45) is 0. The number of hydrogen-bond acceptors (Lipinski definition) is 3. The van der Waals surface area contributed by atoms with E-state index in [1.54, 1.807) is 24.3 Å². The molecule has 0 bridgehead atoms. The molecule has 1 aromatic carbocycles. The summed E-state index contributed by atoms with van der Waals surface area (Å²) in [7, 11) is 0. The second kappa shape index (κ2) is 7.72. The molecular formula is C13H10BrCl2F2NOS. The summed E-state index contributed by atoms with van der Waals surface area (Å²) in [5.74, 6) is -1.14. The van der Waals surface area contributed by atoms with E-state index < -0.39 is 5.76 Å². The molecular weight excluding hydrogens is 407 g/mol. The summed E-state index contributed by atoms with van der Waals surface area (Å²) >= 11 is 16.0. The molecule has 0 aliphatic heterocycles. The monoisotopic (exact) mass is 415 g/mol. The molecule has 0 fully saturated rings. The zero-order valence-corrected chi connectivity index (χ0v) is 14.4. The number of hydrogen-bond donors (Lipinski definition) is 1. The topological polar surface area (TPSA) is 25.2 Å². The number of anilines is 1. The Labute approximate surface area is 143 Å². The fourth-order valence-corrected chi connectivity index (χ4v) is 3.41. The smallest absolute Gasteiger partial charge is 0.284 e. The Morgan fingerprint density at radius 1 is 1.19 bits per heavy atom. The number of thioether (sulfide) groups is 1. The standard InChI is InChI=1S/C13H10BrCl2F2NOS/c14-7-3-10(15)12(11(16)4-7)19-5-8-1-2-9(20-8)6-21-13(17)18/h1-4,13,19H,5-6H2. The van der Waals surface area contributed by atoms with Gasteiger partial charge in [0.15, 0.2) is 0 Å². The van der Waals surface area contributed by atoms with Crippen LogP contribution in [0.5, 0.6) is 0 Å². The molecule has 2 rings (SSSR count). The van der Waals surface area contributed by atoms with Gasteiger partial charge in [-0.05, 0) is 24.3 Å². The minimum Gasteiger partial charge on any atom is -0.463 e. The van der Waals surface area contributed by atoms with Gasteiger partial charge in [0, 0.05) is 4.47 Å². The molecule has 2 aromatic rings. The van der Waals surface area contributed by atoms with Gasteiger partial charge in [-0.1, -0.05) is 50.9 Å². The second-order valence-electron chi connectivity index (χ2n) is 4.04. The summed E-state index contributed by atoms with van der Waals surface area (Å²) in [6.45, 7) is 0.362. The van der Waals surface area contributed by atoms with Crippen molar-refractivity contribution in [2.24, 2.45) is 0 Å². The van der Waals surface area contributed by atoms with Crippen molar-refractivity contribution in [1.29, 1.82) is 0 Å². The van der Waals surface area contributed by atoms with Crippen molar-refractivity contribution in [1.82, 2.24) is 0 Å². The van der Waals surface area contributed by atoms with Crippen molar-refractivity contribution in [2.75, 3.05) is 5.32 Å². The molecule has 0 saturated heterocycles. The molecule has 0 saturated carbocycles. The molecule has 0 radical (unpaired) electrons. The van der Waals surface area contributed by atoms with Crippen LogP contribution in [-0.4, -0.2) is 5.76 Å². The lowest BCUT2D eigenvalue weighted by Crippen LogP contribution is -1.99. The highest BCUT2D eigenvalue weighted by atomic mass is 79.9. The van der Waals surface area contributed by atoms with Crippen molar-refractivity contribution in [3.05, 3.63) is 50.3 Å². The van der Waals surface area contributed by atoms with E-state index in [1.165, 1.54) is 0 Å². The van der Waals surface area contributed by atoms with Crippen LogP contribution in [0.15, 0.2) is 33.2 Å². The van der Waals surface area contributed by atoms with Crippen molar-refractivity contribution in [3.8, 4) is 0 Å². The van der Waals surface area contributed by atoms with E-state index in [1.807, 2.05) is 0 Å². The van der Waals surface area contributed by atoms with Gasteiger partial charge in [-0.3, -0.25) is 0 Å². The molecule has 8 heteroatoms. The number of nitrogens with one attached hydrogen (secondary N) is 1. The van der Waals surface area contributed by atoms with Crippen LogP contribution in [0.1, 0.15) is 11.5 Å². The number of halogens is 5. The van der Waals surface area contributed by atoms with E-state index in [9.17, 15) is 8.78 Å². The molecule has 1 aromatic heterocycles. The van der Waals surface area contributed by atoms with Gasteiger partial charge in [0.1, 0.15) is 11.5 Å². The van der Waals surface area contributed by atoms with Gasteiger partial charge in [-0.25, -0.2) is 0 Å². The fraction of sp³-hybridized carbons (Fsp3) is 0.231. The normalized spacial score (nSPS) is 11.1. The Balaban J connectivity index is 1.97. The average Bonchev–Trinajstić information content (AvgIpc) is 2.83. The van der Waals surface area contributed by atoms with Crippen molar-refractivity contribution in [3.63, 3.8) is 0 Å². The maximum absolute atomic E-state index is 12.1. The van der Waals surface area contributed by atoms with Gasteiger partial charge < -0.3 is 9.73 Å². The summed E-state index contributed by atoms with van der Waals surface area (Å²) in [6, 6.07) is 6.86. The fourth-order valence-electron chi connectivity index (χ4n) is 1.63. The molecule has 0 aliphatic rings. The first-order chi connectivity index (χ1) is 9.95. The molecule has 0 amide bonds. The first kappa shape index (κ1) is 16.9. The summed E-state index contributed by atoms with van der Waals surface area (Å²) in [5, 5.41) is 4.03. The first-order valence-electron chi connectivity index (χ1n) is 5.81. The lowest BCUT2D eigenvalue weighted by Gasteiger charge is -2.09. The van der Waals surface area contributed by atoms with E-state index >= 15 is 0 Å². The third-order valence-corrected chi connectivity index (χ3v) is 4.27. The average molecular weight is 417 g/mol. The largest absolute Gasteiger partial charge is 0.463 e. The molecule has 0 spiro atoms. The van der Waals surface area contributed by atoms with Crippen LogP contribution >= 0.6 is 50.9 Å². The van der Waals surface area contributed by atoms with Crippen LogP contribution < -0.4 is 5.32 Å². The number of benzene rings is 1. The van der Waals surface area contributed by atoms with Crippen LogP contribution in [0.25, 0.3) is 0 Å². The Kier molecular flexibility index (Phi) is 6.22. The van der Waals surface area contributed by atoms with Crippen molar-refractivity contribution >= 4 is 56.6 Å². The highest BCUT2D eigenvalue weighted by molar-refractivity contribution is 9.10. The summed E-state index contributed by atoms with van der Waals surface area (Å²) in [5.41, 5.74) is 0.599. The quantitative estimate of drug-likeness (QED) is 0.588. The van der Waals surface area contributed by atoms with E-state index in [0.29, 0.717) is 45.6 Å². The van der Waals surface area contributed by atoms with Crippen molar-refractivity contribution < 1.29 is 13.2 Å². The highest BCUT2D eigenvalue weighted by Gasteiger charge is 2.10. The van der Waals surface area contributed by atoms with Crippen LogP contribution in [0.4, 0.5) is 14.5 Å².